The predicted molar refractivity (Wildman–Crippen MR) is 110 cm³/mol. The van der Waals surface area contributed by atoms with Gasteiger partial charge in [-0.1, -0.05) is 48.1 Å². The van der Waals surface area contributed by atoms with Crippen LogP contribution in [0.2, 0.25) is 0 Å². The molecule has 0 saturated heterocycles. The summed E-state index contributed by atoms with van der Waals surface area (Å²) in [6.07, 6.45) is 6.85. The molecule has 0 fully saturated rings. The van der Waals surface area contributed by atoms with Gasteiger partial charge < -0.3 is 0 Å². The van der Waals surface area contributed by atoms with Crippen LogP contribution in [0, 0.1) is 0 Å². The average Bonchev–Trinajstić information content (AvgIpc) is 3.16. The Labute approximate surface area is 164 Å². The van der Waals surface area contributed by atoms with Crippen molar-refractivity contribution in [3.05, 3.63) is 21.5 Å². The van der Waals surface area contributed by atoms with Gasteiger partial charge in [-0.15, -0.1) is 21.5 Å². The highest BCUT2D eigenvalue weighted by atomic mass is 35.5. The normalized spacial score (nSPS) is 15.2. The number of rotatable bonds is 5. The second-order valence-corrected chi connectivity index (χ2v) is 9.86. The maximum Gasteiger partial charge on any atom is 0.198 e. The second-order valence-electron chi connectivity index (χ2n) is 5.96. The Bertz CT molecular complexity index is 956. The van der Waals surface area contributed by atoms with Crippen LogP contribution >= 0.6 is 46.5 Å². The van der Waals surface area contributed by atoms with E-state index in [2.05, 4.69) is 21.5 Å². The molecule has 4 nitrogen and oxygen atoms in total. The smallest absolute Gasteiger partial charge is 0.198 e. The lowest BCUT2D eigenvalue weighted by atomic mass is 9.97. The average molecular weight is 411 g/mol. The van der Waals surface area contributed by atoms with Crippen LogP contribution in [-0.2, 0) is 12.8 Å². The first kappa shape index (κ1) is 17.6. The number of hydrogen-bond donors (Lipinski definition) is 0. The molecule has 0 aliphatic heterocycles. The van der Waals surface area contributed by atoms with Crippen molar-refractivity contribution in [2.24, 2.45) is 0 Å². The largest absolute Gasteiger partial charge is 0.247 e. The minimum Gasteiger partial charge on any atom is -0.247 e. The molecule has 0 saturated carbocycles. The molecule has 0 spiro atoms. The zero-order chi connectivity index (χ0) is 17.4. The number of allylic oxidation sites excluding steroid dienone is 1. The Morgan fingerprint density at radius 3 is 2.88 bits per heavy atom. The SMILES string of the molecule is CCSc1nc2sc3c(c2c2nnc(SC/C=C(/C)Cl)n12)CCCC3. The van der Waals surface area contributed by atoms with E-state index in [4.69, 9.17) is 16.6 Å². The number of hydrogen-bond acceptors (Lipinski definition) is 6. The van der Waals surface area contributed by atoms with E-state index in [1.807, 2.05) is 24.3 Å². The van der Waals surface area contributed by atoms with Crippen LogP contribution in [0.3, 0.4) is 0 Å². The highest BCUT2D eigenvalue weighted by molar-refractivity contribution is 7.99. The van der Waals surface area contributed by atoms with Crippen molar-refractivity contribution in [2.45, 2.75) is 49.8 Å². The van der Waals surface area contributed by atoms with Crippen LogP contribution in [-0.4, -0.2) is 31.1 Å². The van der Waals surface area contributed by atoms with E-state index >= 15 is 0 Å². The first-order chi connectivity index (χ1) is 12.2. The van der Waals surface area contributed by atoms with Crippen molar-refractivity contribution in [1.29, 1.82) is 0 Å². The summed E-state index contributed by atoms with van der Waals surface area (Å²) in [7, 11) is 0. The summed E-state index contributed by atoms with van der Waals surface area (Å²) < 4.78 is 2.14. The number of aromatic nitrogens is 4. The van der Waals surface area contributed by atoms with Crippen LogP contribution in [0.15, 0.2) is 21.4 Å². The van der Waals surface area contributed by atoms with Crippen molar-refractivity contribution < 1.29 is 0 Å². The van der Waals surface area contributed by atoms with E-state index in [1.54, 1.807) is 23.5 Å². The van der Waals surface area contributed by atoms with E-state index in [0.717, 1.165) is 43.7 Å². The monoisotopic (exact) mass is 410 g/mol. The molecule has 0 atom stereocenters. The van der Waals surface area contributed by atoms with Gasteiger partial charge in [-0.25, -0.2) is 9.38 Å². The summed E-state index contributed by atoms with van der Waals surface area (Å²) in [6.45, 7) is 4.05. The minimum atomic E-state index is 0.784. The molecule has 0 radical (unpaired) electrons. The van der Waals surface area contributed by atoms with E-state index in [9.17, 15) is 0 Å². The molecule has 4 rings (SSSR count). The van der Waals surface area contributed by atoms with Crippen LogP contribution in [0.1, 0.15) is 37.1 Å². The minimum absolute atomic E-state index is 0.784. The molecule has 25 heavy (non-hydrogen) atoms. The number of thiophene rings is 1. The van der Waals surface area contributed by atoms with Gasteiger partial charge in [-0.2, -0.15) is 0 Å². The molecule has 132 valence electrons. The number of halogens is 1. The van der Waals surface area contributed by atoms with Crippen molar-refractivity contribution in [3.63, 3.8) is 0 Å². The topological polar surface area (TPSA) is 43.1 Å². The molecular weight excluding hydrogens is 392 g/mol. The van der Waals surface area contributed by atoms with Crippen molar-refractivity contribution in [2.75, 3.05) is 11.5 Å². The zero-order valence-electron chi connectivity index (χ0n) is 14.2. The lowest BCUT2D eigenvalue weighted by Gasteiger charge is -2.10. The molecule has 0 bridgehead atoms. The quantitative estimate of drug-likeness (QED) is 0.406. The highest BCUT2D eigenvalue weighted by Crippen LogP contribution is 2.39. The second kappa shape index (κ2) is 7.47. The van der Waals surface area contributed by atoms with Crippen molar-refractivity contribution >= 4 is 62.3 Å². The van der Waals surface area contributed by atoms with E-state index in [1.165, 1.54) is 35.1 Å². The molecule has 0 aromatic carbocycles. The van der Waals surface area contributed by atoms with E-state index in [-0.39, 0.29) is 0 Å². The van der Waals surface area contributed by atoms with Crippen molar-refractivity contribution in [1.82, 2.24) is 19.6 Å². The summed E-state index contributed by atoms with van der Waals surface area (Å²) in [5.74, 6) is 1.76. The molecule has 3 aromatic heterocycles. The van der Waals surface area contributed by atoms with Gasteiger partial charge in [0.15, 0.2) is 16.0 Å². The third-order valence-electron chi connectivity index (χ3n) is 4.25. The molecule has 8 heteroatoms. The highest BCUT2D eigenvalue weighted by Gasteiger charge is 2.23. The molecule has 0 amide bonds. The van der Waals surface area contributed by atoms with Crippen LogP contribution in [0.25, 0.3) is 15.9 Å². The Morgan fingerprint density at radius 1 is 1.24 bits per heavy atom. The first-order valence-corrected chi connectivity index (χ1v) is 11.6. The van der Waals surface area contributed by atoms with Crippen LogP contribution in [0.5, 0.6) is 0 Å². The lowest BCUT2D eigenvalue weighted by molar-refractivity contribution is 0.700. The summed E-state index contributed by atoms with van der Waals surface area (Å²) in [6, 6.07) is 0. The molecule has 3 heterocycles. The van der Waals surface area contributed by atoms with Gasteiger partial charge in [0, 0.05) is 15.7 Å². The molecule has 3 aromatic rings. The number of nitrogens with zero attached hydrogens (tertiary/aromatic N) is 4. The number of thioether (sulfide) groups is 2. The summed E-state index contributed by atoms with van der Waals surface area (Å²) >= 11 is 11.2. The fourth-order valence-electron chi connectivity index (χ4n) is 3.15. The van der Waals surface area contributed by atoms with Gasteiger partial charge in [0.05, 0.1) is 5.39 Å². The van der Waals surface area contributed by atoms with E-state index in [0.29, 0.717) is 0 Å². The maximum absolute atomic E-state index is 5.95. The Balaban J connectivity index is 1.89. The molecule has 1 aliphatic carbocycles. The van der Waals surface area contributed by atoms with Gasteiger partial charge >= 0.3 is 0 Å². The van der Waals surface area contributed by atoms with Gasteiger partial charge in [-0.3, -0.25) is 0 Å². The molecule has 0 N–H and O–H groups in total. The molecular formula is C17H19ClN4S3. The van der Waals surface area contributed by atoms with Gasteiger partial charge in [0.25, 0.3) is 0 Å². The Hall–Kier alpha value is -0.760. The summed E-state index contributed by atoms with van der Waals surface area (Å²) in [4.78, 5) is 7.60. The Morgan fingerprint density at radius 2 is 2.08 bits per heavy atom. The first-order valence-electron chi connectivity index (χ1n) is 8.46. The van der Waals surface area contributed by atoms with E-state index < -0.39 is 0 Å². The maximum atomic E-state index is 5.95. The predicted octanol–water partition coefficient (Wildman–Crippen LogP) is 5.56. The molecule has 0 unspecified atom stereocenters. The lowest BCUT2D eigenvalue weighted by Crippen LogP contribution is -2.01. The number of fused-ring (bicyclic) bond motifs is 5. The van der Waals surface area contributed by atoms with Crippen molar-refractivity contribution in [3.8, 4) is 0 Å². The molecule has 1 aliphatic rings. The standard InChI is InChI=1S/C17H19ClN4S3/c1-3-23-16-19-15-13(11-6-4-5-7-12(11)25-15)14-20-21-17(22(14)16)24-9-8-10(2)18/h8H,3-7,9H2,1-2H3/b10-8-. The van der Waals surface area contributed by atoms with Gasteiger partial charge in [0.1, 0.15) is 4.83 Å². The van der Waals surface area contributed by atoms with Gasteiger partial charge in [-0.05, 0) is 43.9 Å². The fraction of sp³-hybridized carbons (Fsp3) is 0.471. The zero-order valence-corrected chi connectivity index (χ0v) is 17.4. The Kier molecular flexibility index (Phi) is 5.27. The van der Waals surface area contributed by atoms with Crippen LogP contribution in [0.4, 0.5) is 0 Å². The van der Waals surface area contributed by atoms with Gasteiger partial charge in [0.2, 0.25) is 0 Å². The van der Waals surface area contributed by atoms with Crippen LogP contribution < -0.4 is 0 Å². The fourth-order valence-corrected chi connectivity index (χ4v) is 6.29. The summed E-state index contributed by atoms with van der Waals surface area (Å²) in [5.41, 5.74) is 2.42. The third-order valence-corrected chi connectivity index (χ3v) is 7.27. The number of aryl methyl sites for hydroxylation is 2. The third kappa shape index (κ3) is 3.31. The summed E-state index contributed by atoms with van der Waals surface area (Å²) in [5, 5.41) is 12.9.